The number of fused-ring (bicyclic) bond motifs is 3. The Morgan fingerprint density at radius 2 is 1.78 bits per heavy atom. The molecule has 3 aromatic heterocycles. The fourth-order valence-electron chi connectivity index (χ4n) is 3.45. The third-order valence-corrected chi connectivity index (χ3v) is 4.88. The monoisotopic (exact) mass is 363 g/mol. The van der Waals surface area contributed by atoms with Gasteiger partial charge in [0.1, 0.15) is 29.1 Å². The molecule has 4 aromatic rings. The van der Waals surface area contributed by atoms with Crippen LogP contribution in [0.4, 0.5) is 5.82 Å². The van der Waals surface area contributed by atoms with Gasteiger partial charge in [-0.25, -0.2) is 15.0 Å². The van der Waals surface area contributed by atoms with Crippen LogP contribution in [0.5, 0.6) is 5.75 Å². The van der Waals surface area contributed by atoms with Gasteiger partial charge in [-0.05, 0) is 51.5 Å². The van der Waals surface area contributed by atoms with Crippen LogP contribution in [0.1, 0.15) is 30.7 Å². The molecule has 0 saturated carbocycles. The minimum absolute atomic E-state index is 0.186. The van der Waals surface area contributed by atoms with Crippen molar-refractivity contribution in [2.24, 2.45) is 0 Å². The zero-order valence-corrected chi connectivity index (χ0v) is 15.6. The number of nitrogens with two attached hydrogens (primary N) is 1. The molecule has 7 nitrogen and oxygen atoms in total. The predicted molar refractivity (Wildman–Crippen MR) is 105 cm³/mol. The first-order valence-corrected chi connectivity index (χ1v) is 8.64. The Morgan fingerprint density at radius 3 is 2.48 bits per heavy atom. The van der Waals surface area contributed by atoms with E-state index in [1.54, 1.807) is 26.0 Å². The molecule has 0 aliphatic heterocycles. The van der Waals surface area contributed by atoms with Gasteiger partial charge in [0.2, 0.25) is 0 Å². The SMILES string of the molecule is Cc1ccc(O)c(C)c1-n1c2nc(C(C)(C)O)ccc2c2c(N)ncnc21. The molecular weight excluding hydrogens is 342 g/mol. The molecule has 0 bridgehead atoms. The number of phenolic OH excluding ortho intramolecular Hbond substituents is 1. The lowest BCUT2D eigenvalue weighted by atomic mass is 10.0. The molecule has 138 valence electrons. The topological polar surface area (TPSA) is 110 Å². The molecule has 0 amide bonds. The third-order valence-electron chi connectivity index (χ3n) is 4.88. The van der Waals surface area contributed by atoms with E-state index in [-0.39, 0.29) is 5.75 Å². The minimum Gasteiger partial charge on any atom is -0.508 e. The smallest absolute Gasteiger partial charge is 0.152 e. The molecule has 0 atom stereocenters. The first-order valence-electron chi connectivity index (χ1n) is 8.64. The Bertz CT molecular complexity index is 1200. The summed E-state index contributed by atoms with van der Waals surface area (Å²) in [4.78, 5) is 13.3. The molecule has 3 heterocycles. The van der Waals surface area contributed by atoms with Gasteiger partial charge in [0.05, 0.1) is 16.8 Å². The highest BCUT2D eigenvalue weighted by Crippen LogP contribution is 2.37. The number of pyridine rings is 1. The van der Waals surface area contributed by atoms with Crippen molar-refractivity contribution in [3.8, 4) is 11.4 Å². The van der Waals surface area contributed by atoms with Crippen molar-refractivity contribution in [1.82, 2.24) is 19.5 Å². The van der Waals surface area contributed by atoms with Crippen LogP contribution in [0, 0.1) is 13.8 Å². The van der Waals surface area contributed by atoms with Crippen LogP contribution in [0.2, 0.25) is 0 Å². The van der Waals surface area contributed by atoms with Crippen LogP contribution < -0.4 is 5.73 Å². The van der Waals surface area contributed by atoms with E-state index in [0.29, 0.717) is 33.8 Å². The summed E-state index contributed by atoms with van der Waals surface area (Å²) in [6.45, 7) is 7.18. The second-order valence-electron chi connectivity index (χ2n) is 7.29. The first-order chi connectivity index (χ1) is 12.7. The molecule has 0 radical (unpaired) electrons. The molecule has 0 spiro atoms. The van der Waals surface area contributed by atoms with Crippen molar-refractivity contribution in [3.63, 3.8) is 0 Å². The average molecular weight is 363 g/mol. The molecule has 0 fully saturated rings. The lowest BCUT2D eigenvalue weighted by molar-refractivity contribution is 0.0741. The van der Waals surface area contributed by atoms with E-state index in [4.69, 9.17) is 10.7 Å². The molecular formula is C20H21N5O2. The molecule has 0 saturated heterocycles. The maximum atomic E-state index is 10.4. The van der Waals surface area contributed by atoms with Crippen LogP contribution in [-0.2, 0) is 5.60 Å². The van der Waals surface area contributed by atoms with E-state index in [0.717, 1.165) is 16.6 Å². The number of aliphatic hydroxyl groups is 1. The van der Waals surface area contributed by atoms with E-state index >= 15 is 0 Å². The van der Waals surface area contributed by atoms with Crippen LogP contribution in [0.15, 0.2) is 30.6 Å². The second-order valence-corrected chi connectivity index (χ2v) is 7.29. The van der Waals surface area contributed by atoms with Gasteiger partial charge in [0.15, 0.2) is 5.65 Å². The molecule has 0 aliphatic carbocycles. The lowest BCUT2D eigenvalue weighted by Gasteiger charge is -2.18. The molecule has 27 heavy (non-hydrogen) atoms. The lowest BCUT2D eigenvalue weighted by Crippen LogP contribution is -2.17. The number of rotatable bonds is 2. The van der Waals surface area contributed by atoms with Gasteiger partial charge in [0, 0.05) is 10.9 Å². The number of anilines is 1. The molecule has 0 aliphatic rings. The van der Waals surface area contributed by atoms with E-state index in [9.17, 15) is 10.2 Å². The Kier molecular flexibility index (Phi) is 3.61. The maximum absolute atomic E-state index is 10.4. The summed E-state index contributed by atoms with van der Waals surface area (Å²) in [5.74, 6) is 0.545. The van der Waals surface area contributed by atoms with Gasteiger partial charge in [-0.2, -0.15) is 0 Å². The van der Waals surface area contributed by atoms with Gasteiger partial charge in [-0.1, -0.05) is 6.07 Å². The Hall–Kier alpha value is -3.19. The number of benzene rings is 1. The standard InChI is InChI=1S/C20H21N5O2/c1-10-5-7-13(26)11(2)16(10)25-18-12(6-8-14(24-18)20(3,4)27)15-17(21)22-9-23-19(15)25/h5-9,26-27H,1-4H3,(H2,21,22,23). The molecule has 4 N–H and O–H groups in total. The largest absolute Gasteiger partial charge is 0.508 e. The molecule has 4 rings (SSSR count). The highest BCUT2D eigenvalue weighted by Gasteiger charge is 2.24. The third kappa shape index (κ3) is 2.50. The van der Waals surface area contributed by atoms with Crippen molar-refractivity contribution >= 4 is 27.9 Å². The van der Waals surface area contributed by atoms with Gasteiger partial charge in [-0.3, -0.25) is 4.57 Å². The van der Waals surface area contributed by atoms with E-state index in [1.807, 2.05) is 30.5 Å². The van der Waals surface area contributed by atoms with Crippen molar-refractivity contribution in [1.29, 1.82) is 0 Å². The first kappa shape index (κ1) is 17.2. The maximum Gasteiger partial charge on any atom is 0.152 e. The summed E-state index contributed by atoms with van der Waals surface area (Å²) in [6.07, 6.45) is 1.41. The number of aromatic hydroxyl groups is 1. The average Bonchev–Trinajstić information content (AvgIpc) is 2.93. The number of hydrogen-bond acceptors (Lipinski definition) is 6. The van der Waals surface area contributed by atoms with Crippen molar-refractivity contribution in [2.45, 2.75) is 33.3 Å². The highest BCUT2D eigenvalue weighted by molar-refractivity contribution is 6.11. The van der Waals surface area contributed by atoms with E-state index in [2.05, 4.69) is 9.97 Å². The minimum atomic E-state index is -1.10. The van der Waals surface area contributed by atoms with Gasteiger partial charge in [-0.15, -0.1) is 0 Å². The number of aryl methyl sites for hydroxylation is 1. The number of hydrogen-bond donors (Lipinski definition) is 3. The summed E-state index contributed by atoms with van der Waals surface area (Å²) in [5, 5.41) is 22.2. The Labute approximate surface area is 156 Å². The number of phenols is 1. The summed E-state index contributed by atoms with van der Waals surface area (Å²) >= 11 is 0. The highest BCUT2D eigenvalue weighted by atomic mass is 16.3. The van der Waals surface area contributed by atoms with E-state index < -0.39 is 5.60 Å². The fourth-order valence-corrected chi connectivity index (χ4v) is 3.45. The van der Waals surface area contributed by atoms with Crippen molar-refractivity contribution < 1.29 is 10.2 Å². The van der Waals surface area contributed by atoms with Crippen LogP contribution >= 0.6 is 0 Å². The van der Waals surface area contributed by atoms with Crippen molar-refractivity contribution in [3.05, 3.63) is 47.4 Å². The number of nitrogens with zero attached hydrogens (tertiary/aromatic N) is 4. The quantitative estimate of drug-likeness (QED) is 0.505. The van der Waals surface area contributed by atoms with E-state index in [1.165, 1.54) is 6.33 Å². The summed E-state index contributed by atoms with van der Waals surface area (Å²) < 4.78 is 1.88. The zero-order valence-electron chi connectivity index (χ0n) is 15.6. The van der Waals surface area contributed by atoms with Crippen LogP contribution in [-0.4, -0.2) is 29.7 Å². The molecule has 0 unspecified atom stereocenters. The normalized spacial score (nSPS) is 12.2. The van der Waals surface area contributed by atoms with Gasteiger partial charge >= 0.3 is 0 Å². The van der Waals surface area contributed by atoms with Gasteiger partial charge in [0.25, 0.3) is 0 Å². The fraction of sp³-hybridized carbons (Fsp3) is 0.250. The second kappa shape index (κ2) is 5.65. The Morgan fingerprint density at radius 1 is 1.04 bits per heavy atom. The molecule has 1 aromatic carbocycles. The van der Waals surface area contributed by atoms with Crippen molar-refractivity contribution in [2.75, 3.05) is 5.73 Å². The summed E-state index contributed by atoms with van der Waals surface area (Å²) in [5.41, 5.74) is 9.24. The zero-order chi connectivity index (χ0) is 19.5. The Balaban J connectivity index is 2.25. The summed E-state index contributed by atoms with van der Waals surface area (Å²) in [6, 6.07) is 7.17. The van der Waals surface area contributed by atoms with Crippen LogP contribution in [0.25, 0.3) is 27.8 Å². The number of nitrogen functional groups attached to an aromatic ring is 1. The van der Waals surface area contributed by atoms with Crippen LogP contribution in [0.3, 0.4) is 0 Å². The summed E-state index contributed by atoms with van der Waals surface area (Å²) in [7, 11) is 0. The van der Waals surface area contributed by atoms with Gasteiger partial charge < -0.3 is 15.9 Å². The number of aromatic nitrogens is 4. The predicted octanol–water partition coefficient (Wildman–Crippen LogP) is 3.10. The molecule has 7 heteroatoms.